The molecule has 8 aliphatic heterocycles. The lowest BCUT2D eigenvalue weighted by molar-refractivity contribution is -0.388. The number of aliphatic hydroxyl groups is 22. The number of carbonyl (C=O) groups excluding carboxylic acids is 4. The second-order valence-corrected chi connectivity index (χ2v) is 25.3. The van der Waals surface area contributed by atoms with Crippen molar-refractivity contribution in [3.05, 3.63) is 0 Å². The Kier molecular flexibility index (Phi) is 29.9. The maximum atomic E-state index is 12.9. The molecule has 0 saturated carbocycles. The van der Waals surface area contributed by atoms with E-state index in [0.29, 0.717) is 0 Å². The fraction of sp³-hybridized carbons (Fsp3) is 0.929. The van der Waals surface area contributed by atoms with Crippen molar-refractivity contribution in [1.82, 2.24) is 21.3 Å². The second kappa shape index (κ2) is 36.3. The van der Waals surface area contributed by atoms with E-state index in [1.165, 1.54) is 0 Å². The lowest BCUT2D eigenvalue weighted by atomic mass is 9.93. The third kappa shape index (κ3) is 18.3. The van der Waals surface area contributed by atoms with Crippen LogP contribution in [0.1, 0.15) is 27.7 Å². The summed E-state index contributed by atoms with van der Waals surface area (Å²) in [6.45, 7) is -4.39. The Labute approximate surface area is 572 Å². The highest BCUT2D eigenvalue weighted by Gasteiger charge is 2.60. The molecule has 8 fully saturated rings. The van der Waals surface area contributed by atoms with E-state index in [-0.39, 0.29) is 0 Å². The minimum atomic E-state index is -2.33. The lowest BCUT2D eigenvalue weighted by Crippen LogP contribution is -2.71. The Bertz CT molecular complexity index is 2640. The van der Waals surface area contributed by atoms with Crippen LogP contribution in [0.25, 0.3) is 0 Å². The van der Waals surface area contributed by atoms with Gasteiger partial charge < -0.3 is 205 Å². The maximum Gasteiger partial charge on any atom is 0.217 e. The van der Waals surface area contributed by atoms with Gasteiger partial charge in [-0.2, -0.15) is 0 Å². The minimum Gasteiger partial charge on any atom is -0.394 e. The molecule has 101 heavy (non-hydrogen) atoms. The molecule has 4 amide bonds. The summed E-state index contributed by atoms with van der Waals surface area (Å²) in [4.78, 5) is 50.4. The molecule has 8 aliphatic rings. The van der Waals surface area contributed by atoms with Gasteiger partial charge in [-0.1, -0.05) is 0 Å². The SMILES string of the molecule is CC(=O)N[C@H]1[C@H](O[C@H]2[C@@H](O)[C@@H](CO)O[C@@H](O[C@H]3[C@H](O)[C@@H](NC(C)=O)[C@H](O[C@H]4[C@@H](O)[C@@H](CO)O[C@@H](O[C@H]5[C@H](O)[C@@H](NC(C)=O)[C@H](O[C@@H]6[C@@H](O)[C@@H](CO)OC(O)[C@@H]6O)O[C@@H]5CO)[C@@H]4O)O[C@@H]3CO)[C@@H]2O)O[C@H](CO)[C@@H](O[C@@H]2O[C@H](CO)[C@H](O)[C@H](O[C@@H]3O[C@H](CO)[C@@H](O)[C@H](O)[C@H]3NC(C)=O)[C@H]2O)[C@@H]1O. The number of aliphatic hydroxyl groups excluding tert-OH is 22. The van der Waals surface area contributed by atoms with Crippen LogP contribution >= 0.6 is 0 Å². The fourth-order valence-electron chi connectivity index (χ4n) is 13.1. The van der Waals surface area contributed by atoms with Crippen LogP contribution in [-0.4, -0.2) is 434 Å². The number of hydrogen-bond donors (Lipinski definition) is 26. The van der Waals surface area contributed by atoms with Crippen molar-refractivity contribution >= 4 is 23.6 Å². The zero-order chi connectivity index (χ0) is 74.5. The molecule has 0 radical (unpaired) electrons. The summed E-state index contributed by atoms with van der Waals surface area (Å²) in [5, 5.41) is 251. The van der Waals surface area contributed by atoms with Gasteiger partial charge in [-0.3, -0.25) is 19.2 Å². The van der Waals surface area contributed by atoms with E-state index in [2.05, 4.69) is 21.3 Å². The summed E-state index contributed by atoms with van der Waals surface area (Å²) < 4.78 is 87.0. The van der Waals surface area contributed by atoms with Gasteiger partial charge in [-0.05, 0) is 0 Å². The predicted octanol–water partition coefficient (Wildman–Crippen LogP) is -17.9. The van der Waals surface area contributed by atoms with Gasteiger partial charge in [0.25, 0.3) is 0 Å². The monoisotopic (exact) mass is 1480 g/mol. The predicted molar refractivity (Wildman–Crippen MR) is 311 cm³/mol. The normalized spacial score (nSPS) is 48.3. The Morgan fingerprint density at radius 3 is 0.683 bits per heavy atom. The molecule has 8 heterocycles. The molecule has 40 atom stereocenters. The number of amides is 4. The van der Waals surface area contributed by atoms with Crippen molar-refractivity contribution < 1.29 is 203 Å². The van der Waals surface area contributed by atoms with Gasteiger partial charge in [0.15, 0.2) is 50.3 Å². The largest absolute Gasteiger partial charge is 0.394 e. The van der Waals surface area contributed by atoms with E-state index in [0.717, 1.165) is 27.7 Å². The average molecular weight is 1480 g/mol. The highest BCUT2D eigenvalue weighted by atomic mass is 16.8. The number of nitrogens with one attached hydrogen (secondary N) is 4. The molecule has 26 N–H and O–H groups in total. The van der Waals surface area contributed by atoms with E-state index in [9.17, 15) is 132 Å². The molecule has 1 unspecified atom stereocenters. The molecule has 45 nitrogen and oxygen atoms in total. The minimum absolute atomic E-state index is 0.775. The first-order valence-corrected chi connectivity index (χ1v) is 32.1. The Morgan fingerprint density at radius 1 is 0.238 bits per heavy atom. The van der Waals surface area contributed by atoms with Gasteiger partial charge in [0, 0.05) is 27.7 Å². The molecule has 0 aromatic heterocycles. The summed E-state index contributed by atoms with van der Waals surface area (Å²) in [6, 6.07) is -7.18. The summed E-state index contributed by atoms with van der Waals surface area (Å²) >= 11 is 0. The molecular formula is C56H94N4O41. The third-order valence-electron chi connectivity index (χ3n) is 18.3. The fourth-order valence-corrected chi connectivity index (χ4v) is 13.1. The smallest absolute Gasteiger partial charge is 0.217 e. The number of carbonyl (C=O) groups is 4. The first-order chi connectivity index (χ1) is 47.8. The van der Waals surface area contributed by atoms with Crippen LogP contribution in [0.4, 0.5) is 0 Å². The van der Waals surface area contributed by atoms with Crippen LogP contribution in [0.15, 0.2) is 0 Å². The summed E-state index contributed by atoms with van der Waals surface area (Å²) in [5.74, 6) is -3.47. The van der Waals surface area contributed by atoms with Crippen molar-refractivity contribution in [2.24, 2.45) is 0 Å². The van der Waals surface area contributed by atoms with Crippen LogP contribution in [0.2, 0.25) is 0 Å². The van der Waals surface area contributed by atoms with Crippen molar-refractivity contribution in [1.29, 1.82) is 0 Å². The van der Waals surface area contributed by atoms with Gasteiger partial charge in [0.1, 0.15) is 195 Å². The van der Waals surface area contributed by atoms with Crippen LogP contribution in [0, 0.1) is 0 Å². The first-order valence-electron chi connectivity index (χ1n) is 32.1. The standard InChI is InChI=1S/C56H94N4O41/c1-13(69)57-25-34(78)29(73)17(5-61)88-50(25)99-46-31(75)19(7-63)89-54(39(46)83)96-43-23(11-67)93-52(27(36(43)80)59-15(3)71)101-48-33(77)21(9-65)91-56(41(48)85)97-44-24(12-68)94-53(28(37(44)81)60-16(4)72)100-47-32(76)20(8-64)90-55(40(47)84)95-42-22(10-66)92-51(26(35(42)79)58-14(2)70)98-45-30(74)18(6-62)87-49(86)38(45)82/h17-56,61-68,73-86H,5-12H2,1-4H3,(H,57,69)(H,58,70)(H,59,71)(H,60,72)/t17-,18-,19-,20-,21-,22-,23-,24-,25-,26-,27-,28-,29-,30+,31+,32+,33+,34-,35-,36-,37-,38-,39-,40-,41-,42-,43-,44-,45-,46+,47+,48+,49?,50+,51+,52+,53+,54+,55+,56+/m1/s1. The van der Waals surface area contributed by atoms with Crippen LogP contribution in [-0.2, 0) is 90.2 Å². The molecule has 8 rings (SSSR count). The Hall–Kier alpha value is -3.60. The zero-order valence-electron chi connectivity index (χ0n) is 54.3. The Morgan fingerprint density at radius 2 is 0.436 bits per heavy atom. The van der Waals surface area contributed by atoms with E-state index in [1.807, 2.05) is 0 Å². The highest BCUT2D eigenvalue weighted by Crippen LogP contribution is 2.39. The number of ether oxygens (including phenoxy) is 15. The molecule has 584 valence electrons. The average Bonchev–Trinajstić information content (AvgIpc) is 0.773. The zero-order valence-corrected chi connectivity index (χ0v) is 54.3. The third-order valence-corrected chi connectivity index (χ3v) is 18.3. The number of rotatable bonds is 26. The molecule has 0 aromatic rings. The molecule has 0 aliphatic carbocycles. The first kappa shape index (κ1) is 83.0. The van der Waals surface area contributed by atoms with Crippen molar-refractivity contribution in [3.8, 4) is 0 Å². The van der Waals surface area contributed by atoms with Crippen molar-refractivity contribution in [2.75, 3.05) is 52.9 Å². The van der Waals surface area contributed by atoms with Crippen molar-refractivity contribution in [3.63, 3.8) is 0 Å². The van der Waals surface area contributed by atoms with Gasteiger partial charge in [0.2, 0.25) is 23.6 Å². The van der Waals surface area contributed by atoms with E-state index in [4.69, 9.17) is 71.1 Å². The summed E-state index contributed by atoms with van der Waals surface area (Å²) in [5.41, 5.74) is 0. The summed E-state index contributed by atoms with van der Waals surface area (Å²) in [6.07, 6.45) is -71.2. The van der Waals surface area contributed by atoms with E-state index >= 15 is 0 Å². The van der Waals surface area contributed by atoms with Gasteiger partial charge in [-0.15, -0.1) is 0 Å². The quantitative estimate of drug-likeness (QED) is 0.0382. The van der Waals surface area contributed by atoms with Crippen molar-refractivity contribution in [2.45, 2.75) is 273 Å². The van der Waals surface area contributed by atoms with E-state index in [1.54, 1.807) is 0 Å². The summed E-state index contributed by atoms with van der Waals surface area (Å²) in [7, 11) is 0. The molecular weight excluding hydrogens is 1380 g/mol. The van der Waals surface area contributed by atoms with Crippen LogP contribution < -0.4 is 21.3 Å². The van der Waals surface area contributed by atoms with Crippen LogP contribution in [0.5, 0.6) is 0 Å². The highest BCUT2D eigenvalue weighted by molar-refractivity contribution is 5.74. The molecule has 8 saturated heterocycles. The Balaban J connectivity index is 0.981. The maximum absolute atomic E-state index is 12.9. The molecule has 0 spiro atoms. The molecule has 45 heteroatoms. The van der Waals surface area contributed by atoms with Gasteiger partial charge in [-0.25, -0.2) is 0 Å². The van der Waals surface area contributed by atoms with Gasteiger partial charge >= 0.3 is 0 Å². The molecule has 0 bridgehead atoms. The topological polar surface area (TPSA) is 700 Å². The number of hydrogen-bond acceptors (Lipinski definition) is 41. The van der Waals surface area contributed by atoms with E-state index < -0.39 is 322 Å². The van der Waals surface area contributed by atoms with Gasteiger partial charge in [0.05, 0.1) is 52.9 Å². The lowest BCUT2D eigenvalue weighted by Gasteiger charge is -2.51. The second-order valence-electron chi connectivity index (χ2n) is 25.3. The van der Waals surface area contributed by atoms with Crippen LogP contribution in [0.3, 0.4) is 0 Å². The molecule has 0 aromatic carbocycles.